The van der Waals surface area contributed by atoms with Gasteiger partial charge in [0.2, 0.25) is 0 Å². The Morgan fingerprint density at radius 2 is 2.30 bits per heavy atom. The summed E-state index contributed by atoms with van der Waals surface area (Å²) in [6.45, 7) is 1.94. The van der Waals surface area contributed by atoms with Crippen LogP contribution in [-0.2, 0) is 9.53 Å². The lowest BCUT2D eigenvalue weighted by Crippen LogP contribution is -2.28. The van der Waals surface area contributed by atoms with E-state index in [1.165, 1.54) is 0 Å². The Bertz CT molecular complexity index is 166. The summed E-state index contributed by atoms with van der Waals surface area (Å²) in [7, 11) is 0. The Balaban J connectivity index is 2.46. The molecule has 4 heteroatoms. The number of amides is 1. The van der Waals surface area contributed by atoms with Crippen molar-refractivity contribution in [3.8, 4) is 0 Å². The van der Waals surface area contributed by atoms with Crippen LogP contribution in [0.25, 0.3) is 0 Å². The molecule has 0 spiro atoms. The molecule has 1 saturated heterocycles. The maximum absolute atomic E-state index is 10.7. The number of carbonyl (C=O) groups excluding carboxylic acids is 2. The van der Waals surface area contributed by atoms with Crippen molar-refractivity contribution in [2.75, 3.05) is 0 Å². The molecule has 1 unspecified atom stereocenters. The molecule has 10 heavy (non-hydrogen) atoms. The second-order valence-corrected chi connectivity index (χ2v) is 2.19. The van der Waals surface area contributed by atoms with Gasteiger partial charge in [0, 0.05) is 0 Å². The van der Waals surface area contributed by atoms with E-state index in [2.05, 4.69) is 10.1 Å². The first-order valence-corrected chi connectivity index (χ1v) is 3.26. The Hall–Kier alpha value is -1.06. The van der Waals surface area contributed by atoms with Crippen LogP contribution in [0, 0.1) is 0 Å². The first-order chi connectivity index (χ1) is 4.74. The Labute approximate surface area is 58.5 Å². The van der Waals surface area contributed by atoms with Crippen molar-refractivity contribution in [3.05, 3.63) is 0 Å². The predicted octanol–water partition coefficient (Wildman–Crippen LogP) is 0.422. The van der Waals surface area contributed by atoms with Gasteiger partial charge in [0.05, 0.1) is 0 Å². The number of hydrogen-bond acceptors (Lipinski definition) is 3. The van der Waals surface area contributed by atoms with Crippen LogP contribution in [0.1, 0.15) is 19.8 Å². The first-order valence-electron chi connectivity index (χ1n) is 3.26. The van der Waals surface area contributed by atoms with Crippen molar-refractivity contribution in [1.82, 2.24) is 5.32 Å². The van der Waals surface area contributed by atoms with Crippen LogP contribution in [-0.4, -0.2) is 18.1 Å². The van der Waals surface area contributed by atoms with E-state index in [0.29, 0.717) is 6.42 Å². The van der Waals surface area contributed by atoms with Gasteiger partial charge in [-0.05, 0) is 6.42 Å². The maximum Gasteiger partial charge on any atom is 0.415 e. The maximum atomic E-state index is 10.7. The zero-order valence-corrected chi connectivity index (χ0v) is 5.72. The number of alkyl carbamates (subject to hydrolysis) is 1. The van der Waals surface area contributed by atoms with Gasteiger partial charge in [0.25, 0.3) is 0 Å². The standard InChI is InChI=1S/C6H9NO3/c1-2-3-4-5(8)10-6(9)7-4/h4H,2-3H2,1H3,(H,7,9). The summed E-state index contributed by atoms with van der Waals surface area (Å²) in [5.74, 6) is -0.452. The van der Waals surface area contributed by atoms with E-state index in [0.717, 1.165) is 6.42 Å². The quantitative estimate of drug-likeness (QED) is 0.450. The highest BCUT2D eigenvalue weighted by Crippen LogP contribution is 2.05. The summed E-state index contributed by atoms with van der Waals surface area (Å²) in [4.78, 5) is 21.1. The van der Waals surface area contributed by atoms with E-state index in [-0.39, 0.29) is 0 Å². The van der Waals surface area contributed by atoms with Gasteiger partial charge in [-0.25, -0.2) is 9.59 Å². The SMILES string of the molecule is CCCC1NC(=O)OC1=O. The summed E-state index contributed by atoms with van der Waals surface area (Å²) in [6.07, 6.45) is 0.897. The fraction of sp³-hybridized carbons (Fsp3) is 0.667. The van der Waals surface area contributed by atoms with E-state index in [1.807, 2.05) is 6.92 Å². The minimum Gasteiger partial charge on any atom is -0.375 e. The molecule has 0 saturated carbocycles. The van der Waals surface area contributed by atoms with Crippen LogP contribution in [0.5, 0.6) is 0 Å². The van der Waals surface area contributed by atoms with Gasteiger partial charge in [-0.15, -0.1) is 0 Å². The highest BCUT2D eigenvalue weighted by atomic mass is 16.6. The number of cyclic esters (lactones) is 2. The number of ether oxygens (including phenoxy) is 1. The molecule has 1 atom stereocenters. The summed E-state index contributed by atoms with van der Waals surface area (Å²) in [5, 5.41) is 2.39. The molecule has 1 fully saturated rings. The van der Waals surface area contributed by atoms with Gasteiger partial charge >= 0.3 is 12.1 Å². The third kappa shape index (κ3) is 1.26. The Morgan fingerprint density at radius 1 is 1.60 bits per heavy atom. The molecule has 1 aliphatic rings. The van der Waals surface area contributed by atoms with Crippen molar-refractivity contribution in [3.63, 3.8) is 0 Å². The molecule has 0 aliphatic carbocycles. The van der Waals surface area contributed by atoms with Gasteiger partial charge in [0.1, 0.15) is 6.04 Å². The topological polar surface area (TPSA) is 55.4 Å². The molecule has 1 aliphatic heterocycles. The number of nitrogens with one attached hydrogen (secondary N) is 1. The summed E-state index contributed by atoms with van der Waals surface area (Å²) in [6, 6.07) is -0.405. The molecule has 1 rings (SSSR count). The molecule has 4 nitrogen and oxygen atoms in total. The zero-order chi connectivity index (χ0) is 7.56. The third-order valence-electron chi connectivity index (χ3n) is 1.35. The normalized spacial score (nSPS) is 24.3. The predicted molar refractivity (Wildman–Crippen MR) is 33.3 cm³/mol. The van der Waals surface area contributed by atoms with Gasteiger partial charge in [-0.3, -0.25) is 0 Å². The number of carbonyl (C=O) groups is 2. The largest absolute Gasteiger partial charge is 0.415 e. The number of rotatable bonds is 2. The second-order valence-electron chi connectivity index (χ2n) is 2.19. The number of esters is 1. The van der Waals surface area contributed by atoms with Crippen LogP contribution in [0.2, 0.25) is 0 Å². The monoisotopic (exact) mass is 143 g/mol. The molecule has 0 radical (unpaired) electrons. The van der Waals surface area contributed by atoms with Crippen LogP contribution in [0.4, 0.5) is 4.79 Å². The highest BCUT2D eigenvalue weighted by molar-refractivity contribution is 5.95. The lowest BCUT2D eigenvalue weighted by molar-refractivity contribution is -0.135. The van der Waals surface area contributed by atoms with Crippen molar-refractivity contribution < 1.29 is 14.3 Å². The molecule has 0 aromatic heterocycles. The van der Waals surface area contributed by atoms with Gasteiger partial charge in [-0.1, -0.05) is 13.3 Å². The fourth-order valence-electron chi connectivity index (χ4n) is 0.872. The number of hydrogen-bond donors (Lipinski definition) is 1. The second kappa shape index (κ2) is 2.68. The first kappa shape index (κ1) is 7.05. The van der Waals surface area contributed by atoms with Gasteiger partial charge in [-0.2, -0.15) is 0 Å². The zero-order valence-electron chi connectivity index (χ0n) is 5.72. The molecule has 1 heterocycles. The van der Waals surface area contributed by atoms with E-state index in [4.69, 9.17) is 0 Å². The van der Waals surface area contributed by atoms with Crippen LogP contribution >= 0.6 is 0 Å². The summed E-state index contributed by atoms with van der Waals surface area (Å²) < 4.78 is 4.24. The average molecular weight is 143 g/mol. The molecular formula is C6H9NO3. The Morgan fingerprint density at radius 3 is 2.70 bits per heavy atom. The summed E-state index contributed by atoms with van der Waals surface area (Å²) in [5.41, 5.74) is 0. The van der Waals surface area contributed by atoms with E-state index >= 15 is 0 Å². The molecular weight excluding hydrogens is 134 g/mol. The summed E-state index contributed by atoms with van der Waals surface area (Å²) >= 11 is 0. The Kier molecular flexibility index (Phi) is 1.89. The van der Waals surface area contributed by atoms with E-state index in [1.54, 1.807) is 0 Å². The molecule has 0 bridgehead atoms. The molecule has 1 amide bonds. The van der Waals surface area contributed by atoms with Crippen molar-refractivity contribution in [2.24, 2.45) is 0 Å². The minimum absolute atomic E-state index is 0.405. The molecule has 0 aromatic carbocycles. The van der Waals surface area contributed by atoms with Crippen molar-refractivity contribution in [1.29, 1.82) is 0 Å². The van der Waals surface area contributed by atoms with Crippen molar-refractivity contribution >= 4 is 12.1 Å². The van der Waals surface area contributed by atoms with Crippen LogP contribution < -0.4 is 5.32 Å². The highest BCUT2D eigenvalue weighted by Gasteiger charge is 2.30. The van der Waals surface area contributed by atoms with Crippen molar-refractivity contribution in [2.45, 2.75) is 25.8 Å². The fourth-order valence-corrected chi connectivity index (χ4v) is 0.872. The van der Waals surface area contributed by atoms with E-state index < -0.39 is 18.1 Å². The average Bonchev–Trinajstić information content (AvgIpc) is 2.13. The van der Waals surface area contributed by atoms with Crippen LogP contribution in [0.3, 0.4) is 0 Å². The smallest absolute Gasteiger partial charge is 0.375 e. The van der Waals surface area contributed by atoms with Gasteiger partial charge < -0.3 is 10.1 Å². The van der Waals surface area contributed by atoms with E-state index in [9.17, 15) is 9.59 Å². The lowest BCUT2D eigenvalue weighted by atomic mass is 10.2. The van der Waals surface area contributed by atoms with Crippen LogP contribution in [0.15, 0.2) is 0 Å². The molecule has 56 valence electrons. The molecule has 0 aromatic rings. The van der Waals surface area contributed by atoms with Gasteiger partial charge in [0.15, 0.2) is 0 Å². The third-order valence-corrected chi connectivity index (χ3v) is 1.35. The lowest BCUT2D eigenvalue weighted by Gasteiger charge is -1.99. The minimum atomic E-state index is -0.622. The molecule has 1 N–H and O–H groups in total.